The van der Waals surface area contributed by atoms with Gasteiger partial charge in [-0.15, -0.1) is 0 Å². The van der Waals surface area contributed by atoms with E-state index in [0.29, 0.717) is 24.7 Å². The van der Waals surface area contributed by atoms with E-state index >= 15 is 0 Å². The molecule has 0 bridgehead atoms. The number of nitrogens with one attached hydrogen (secondary N) is 3. The zero-order chi connectivity index (χ0) is 16.4. The third-order valence-corrected chi connectivity index (χ3v) is 2.77. The molecule has 0 unspecified atom stereocenters. The summed E-state index contributed by atoms with van der Waals surface area (Å²) in [6.07, 6.45) is 0.749. The number of aromatic hydroxyl groups is 1. The summed E-state index contributed by atoms with van der Waals surface area (Å²) >= 11 is 0. The lowest BCUT2D eigenvalue weighted by molar-refractivity contribution is 0.0953. The van der Waals surface area contributed by atoms with Crippen LogP contribution in [0, 0.1) is 0 Å². The Kier molecular flexibility index (Phi) is 7.81. The fourth-order valence-electron chi connectivity index (χ4n) is 1.81. The van der Waals surface area contributed by atoms with Crippen LogP contribution in [0.15, 0.2) is 29.3 Å². The van der Waals surface area contributed by atoms with Crippen molar-refractivity contribution in [2.45, 2.75) is 33.2 Å². The smallest absolute Gasteiger partial charge is 0.251 e. The van der Waals surface area contributed by atoms with Gasteiger partial charge in [-0.3, -0.25) is 9.79 Å². The number of benzene rings is 1. The summed E-state index contributed by atoms with van der Waals surface area (Å²) in [7, 11) is 0. The van der Waals surface area contributed by atoms with Crippen molar-refractivity contribution in [2.75, 3.05) is 19.6 Å². The molecule has 122 valence electrons. The maximum atomic E-state index is 11.9. The highest BCUT2D eigenvalue weighted by atomic mass is 16.3. The molecule has 0 heterocycles. The Hall–Kier alpha value is -2.24. The van der Waals surface area contributed by atoms with Gasteiger partial charge in [0.15, 0.2) is 5.96 Å². The number of amides is 1. The number of nitrogens with zero attached hydrogens (tertiary/aromatic N) is 1. The average Bonchev–Trinajstić information content (AvgIpc) is 2.46. The number of carbonyl (C=O) groups is 1. The van der Waals surface area contributed by atoms with Crippen LogP contribution in [0.1, 0.15) is 37.6 Å². The van der Waals surface area contributed by atoms with Gasteiger partial charge in [-0.25, -0.2) is 0 Å². The van der Waals surface area contributed by atoms with Crippen LogP contribution in [-0.4, -0.2) is 42.6 Å². The molecule has 22 heavy (non-hydrogen) atoms. The van der Waals surface area contributed by atoms with Gasteiger partial charge in [0.05, 0.1) is 0 Å². The highest BCUT2D eigenvalue weighted by molar-refractivity contribution is 5.94. The van der Waals surface area contributed by atoms with E-state index in [1.165, 1.54) is 12.1 Å². The number of carbonyl (C=O) groups excluding carboxylic acids is 1. The molecule has 0 aliphatic heterocycles. The Bertz CT molecular complexity index is 501. The lowest BCUT2D eigenvalue weighted by atomic mass is 10.2. The first-order valence-corrected chi connectivity index (χ1v) is 7.65. The van der Waals surface area contributed by atoms with Crippen molar-refractivity contribution in [1.82, 2.24) is 16.0 Å². The van der Waals surface area contributed by atoms with Crippen LogP contribution in [-0.2, 0) is 0 Å². The lowest BCUT2D eigenvalue weighted by Crippen LogP contribution is -2.41. The highest BCUT2D eigenvalue weighted by Gasteiger charge is 2.05. The molecule has 4 N–H and O–H groups in total. The Morgan fingerprint density at radius 3 is 2.73 bits per heavy atom. The average molecular weight is 306 g/mol. The van der Waals surface area contributed by atoms with Crippen LogP contribution in [0.3, 0.4) is 0 Å². The normalized spacial score (nSPS) is 11.4. The second-order valence-electron chi connectivity index (χ2n) is 5.22. The third kappa shape index (κ3) is 6.97. The molecule has 0 spiro atoms. The van der Waals surface area contributed by atoms with Crippen molar-refractivity contribution in [3.05, 3.63) is 29.8 Å². The van der Waals surface area contributed by atoms with Crippen molar-refractivity contribution in [1.29, 1.82) is 0 Å². The number of guanidine groups is 1. The quantitative estimate of drug-likeness (QED) is 0.349. The van der Waals surface area contributed by atoms with Crippen molar-refractivity contribution in [3.63, 3.8) is 0 Å². The first-order chi connectivity index (χ1) is 10.5. The summed E-state index contributed by atoms with van der Waals surface area (Å²) in [5, 5.41) is 18.6. The van der Waals surface area contributed by atoms with E-state index in [2.05, 4.69) is 34.8 Å². The maximum Gasteiger partial charge on any atom is 0.251 e. The lowest BCUT2D eigenvalue weighted by Gasteiger charge is -2.13. The standard InChI is InChI=1S/C16H26N4O2/c1-4-17-16(20-12(2)3)19-10-6-9-18-15(22)13-7-5-8-14(21)11-13/h5,7-8,11-12,21H,4,6,9-10H2,1-3H3,(H,18,22)(H2,17,19,20). The molecular weight excluding hydrogens is 280 g/mol. The van der Waals surface area contributed by atoms with Crippen molar-refractivity contribution < 1.29 is 9.90 Å². The Balaban J connectivity index is 2.33. The SMILES string of the molecule is CCNC(=NCCCNC(=O)c1cccc(O)c1)NC(C)C. The number of hydrogen-bond acceptors (Lipinski definition) is 3. The number of phenolic OH excluding ortho intramolecular Hbond substituents is 1. The third-order valence-electron chi connectivity index (χ3n) is 2.77. The number of phenols is 1. The predicted molar refractivity (Wildman–Crippen MR) is 89.3 cm³/mol. The minimum Gasteiger partial charge on any atom is -0.508 e. The fourth-order valence-corrected chi connectivity index (χ4v) is 1.81. The molecule has 0 aromatic heterocycles. The topological polar surface area (TPSA) is 85.8 Å². The minimum atomic E-state index is -0.188. The Labute approximate surface area is 132 Å². The molecule has 0 aliphatic carbocycles. The van der Waals surface area contributed by atoms with E-state index in [1.807, 2.05) is 6.92 Å². The van der Waals surface area contributed by atoms with Gasteiger partial charge in [0, 0.05) is 31.2 Å². The number of rotatable bonds is 7. The van der Waals surface area contributed by atoms with E-state index in [9.17, 15) is 9.90 Å². The van der Waals surface area contributed by atoms with E-state index in [1.54, 1.807) is 12.1 Å². The minimum absolute atomic E-state index is 0.0901. The predicted octanol–water partition coefficient (Wildman–Crippen LogP) is 1.48. The molecule has 0 atom stereocenters. The van der Waals surface area contributed by atoms with Gasteiger partial charge in [-0.2, -0.15) is 0 Å². The van der Waals surface area contributed by atoms with Gasteiger partial charge in [0.25, 0.3) is 5.91 Å². The second kappa shape index (κ2) is 9.65. The summed E-state index contributed by atoms with van der Waals surface area (Å²) in [6.45, 7) is 8.12. The maximum absolute atomic E-state index is 11.9. The Morgan fingerprint density at radius 2 is 2.09 bits per heavy atom. The summed E-state index contributed by atoms with van der Waals surface area (Å²) in [5.74, 6) is 0.691. The van der Waals surface area contributed by atoms with Crippen LogP contribution in [0.4, 0.5) is 0 Å². The molecular formula is C16H26N4O2. The van der Waals surface area contributed by atoms with Gasteiger partial charge in [0.2, 0.25) is 0 Å². The van der Waals surface area contributed by atoms with Crippen molar-refractivity contribution in [3.8, 4) is 5.75 Å². The summed E-state index contributed by atoms with van der Waals surface area (Å²) in [5.41, 5.74) is 0.457. The summed E-state index contributed by atoms with van der Waals surface area (Å²) < 4.78 is 0. The van der Waals surface area contributed by atoms with Crippen LogP contribution in [0.5, 0.6) is 5.75 Å². The first-order valence-electron chi connectivity index (χ1n) is 7.65. The summed E-state index contributed by atoms with van der Waals surface area (Å²) in [6, 6.07) is 6.62. The van der Waals surface area contributed by atoms with E-state index < -0.39 is 0 Å². The first kappa shape index (κ1) is 17.8. The van der Waals surface area contributed by atoms with Gasteiger partial charge >= 0.3 is 0 Å². The highest BCUT2D eigenvalue weighted by Crippen LogP contribution is 2.10. The number of aliphatic imine (C=N–C) groups is 1. The van der Waals surface area contributed by atoms with E-state index in [0.717, 1.165) is 18.9 Å². The van der Waals surface area contributed by atoms with Crippen LogP contribution < -0.4 is 16.0 Å². The van der Waals surface area contributed by atoms with Gasteiger partial charge < -0.3 is 21.1 Å². The second-order valence-corrected chi connectivity index (χ2v) is 5.22. The van der Waals surface area contributed by atoms with E-state index in [-0.39, 0.29) is 11.7 Å². The molecule has 1 rings (SSSR count). The molecule has 1 amide bonds. The van der Waals surface area contributed by atoms with Crippen molar-refractivity contribution in [2.24, 2.45) is 4.99 Å². The largest absolute Gasteiger partial charge is 0.508 e. The summed E-state index contributed by atoms with van der Waals surface area (Å²) in [4.78, 5) is 16.3. The zero-order valence-corrected chi connectivity index (χ0v) is 13.5. The Morgan fingerprint density at radius 1 is 1.32 bits per heavy atom. The zero-order valence-electron chi connectivity index (χ0n) is 13.5. The van der Waals surface area contributed by atoms with Gasteiger partial charge in [-0.05, 0) is 45.4 Å². The van der Waals surface area contributed by atoms with Gasteiger partial charge in [0.1, 0.15) is 5.75 Å². The molecule has 0 saturated heterocycles. The van der Waals surface area contributed by atoms with Crippen LogP contribution >= 0.6 is 0 Å². The molecule has 1 aromatic rings. The van der Waals surface area contributed by atoms with Gasteiger partial charge in [-0.1, -0.05) is 6.07 Å². The van der Waals surface area contributed by atoms with Crippen molar-refractivity contribution >= 4 is 11.9 Å². The molecule has 1 aromatic carbocycles. The van der Waals surface area contributed by atoms with E-state index in [4.69, 9.17) is 0 Å². The molecule has 6 nitrogen and oxygen atoms in total. The molecule has 0 aliphatic rings. The fraction of sp³-hybridized carbons (Fsp3) is 0.500. The van der Waals surface area contributed by atoms with Crippen LogP contribution in [0.2, 0.25) is 0 Å². The molecule has 6 heteroatoms. The molecule has 0 saturated carbocycles. The molecule has 0 radical (unpaired) electrons. The monoisotopic (exact) mass is 306 g/mol. The molecule has 0 fully saturated rings. The number of hydrogen-bond donors (Lipinski definition) is 4. The van der Waals surface area contributed by atoms with Crippen LogP contribution in [0.25, 0.3) is 0 Å².